The summed E-state index contributed by atoms with van der Waals surface area (Å²) in [5, 5.41) is 12.0. The zero-order chi connectivity index (χ0) is 10.7. The molecule has 0 N–H and O–H groups in total. The lowest BCUT2D eigenvalue weighted by molar-refractivity contribution is 0.0570. The molecule has 0 aliphatic carbocycles. The third-order valence-corrected chi connectivity index (χ3v) is 3.34. The van der Waals surface area contributed by atoms with E-state index >= 15 is 0 Å². The zero-order valence-electron chi connectivity index (χ0n) is 8.66. The van der Waals surface area contributed by atoms with Crippen LogP contribution in [0.4, 0.5) is 0 Å². The van der Waals surface area contributed by atoms with Crippen LogP contribution >= 0.6 is 15.9 Å². The first-order valence-electron chi connectivity index (χ1n) is 5.39. The van der Waals surface area contributed by atoms with Crippen molar-refractivity contribution >= 4 is 15.9 Å². The summed E-state index contributed by atoms with van der Waals surface area (Å²) in [6.45, 7) is 2.83. The Morgan fingerprint density at radius 1 is 1.33 bits per heavy atom. The molecule has 1 aliphatic rings. The molecule has 1 aromatic rings. The third kappa shape index (κ3) is 3.03. The number of likely N-dealkylation sites (tertiary alicyclic amines) is 1. The molecule has 2 rings (SSSR count). The van der Waals surface area contributed by atoms with Crippen LogP contribution in [0.15, 0.2) is 28.7 Å². The van der Waals surface area contributed by atoms with E-state index in [0.29, 0.717) is 6.54 Å². The van der Waals surface area contributed by atoms with Gasteiger partial charge in [0, 0.05) is 11.0 Å². The van der Waals surface area contributed by atoms with Crippen LogP contribution < -0.4 is 0 Å². The van der Waals surface area contributed by atoms with Gasteiger partial charge in [0.15, 0.2) is 0 Å². The summed E-state index contributed by atoms with van der Waals surface area (Å²) >= 11 is 3.39. The van der Waals surface area contributed by atoms with Gasteiger partial charge in [0.05, 0.1) is 0 Å². The lowest BCUT2D eigenvalue weighted by Crippen LogP contribution is -2.24. The maximum Gasteiger partial charge on any atom is 0.131 e. The van der Waals surface area contributed by atoms with Gasteiger partial charge in [0.2, 0.25) is 0 Å². The standard InChI is InChI=1S/C12H15BrNO/c13-11-5-3-4-10(8-11)12(15)9-14-6-1-2-7-14/h3-5,8,12H,1-2,6-7,9H2. The molecule has 2 nitrogen and oxygen atoms in total. The van der Waals surface area contributed by atoms with Gasteiger partial charge in [-0.3, -0.25) is 0 Å². The summed E-state index contributed by atoms with van der Waals surface area (Å²) < 4.78 is 0.988. The average molecular weight is 269 g/mol. The number of nitrogens with zero attached hydrogens (tertiary/aromatic N) is 1. The highest BCUT2D eigenvalue weighted by Gasteiger charge is 2.17. The van der Waals surface area contributed by atoms with E-state index in [1.54, 1.807) is 0 Å². The van der Waals surface area contributed by atoms with E-state index in [0.717, 1.165) is 23.1 Å². The van der Waals surface area contributed by atoms with Crippen molar-refractivity contribution in [1.82, 2.24) is 4.90 Å². The fourth-order valence-corrected chi connectivity index (χ4v) is 2.43. The molecule has 1 unspecified atom stereocenters. The minimum absolute atomic E-state index is 0.611. The van der Waals surface area contributed by atoms with Gasteiger partial charge < -0.3 is 4.90 Å². The molecule has 0 saturated carbocycles. The smallest absolute Gasteiger partial charge is 0.131 e. The van der Waals surface area contributed by atoms with E-state index in [4.69, 9.17) is 0 Å². The molecule has 0 aromatic heterocycles. The second-order valence-corrected chi connectivity index (χ2v) is 4.97. The van der Waals surface area contributed by atoms with Crippen LogP contribution in [0, 0.1) is 0 Å². The predicted molar refractivity (Wildman–Crippen MR) is 63.2 cm³/mol. The van der Waals surface area contributed by atoms with Crippen LogP contribution in [-0.2, 0) is 5.11 Å². The summed E-state index contributed by atoms with van der Waals surface area (Å²) in [5.74, 6) is 0. The Labute approximate surface area is 99.0 Å². The van der Waals surface area contributed by atoms with Crippen LogP contribution in [0.1, 0.15) is 24.5 Å². The molecule has 81 valence electrons. The van der Waals surface area contributed by atoms with Gasteiger partial charge in [-0.05, 0) is 43.6 Å². The first-order chi connectivity index (χ1) is 7.25. The van der Waals surface area contributed by atoms with Gasteiger partial charge in [-0.1, -0.05) is 28.1 Å². The molecule has 3 heteroatoms. The SMILES string of the molecule is [O]C(CN1CCCC1)c1cccc(Br)c1. The largest absolute Gasteiger partial charge is 0.300 e. The maximum absolute atomic E-state index is 12.0. The Kier molecular flexibility index (Phi) is 3.78. The highest BCUT2D eigenvalue weighted by molar-refractivity contribution is 9.10. The summed E-state index contributed by atoms with van der Waals surface area (Å²) in [6, 6.07) is 7.71. The van der Waals surface area contributed by atoms with E-state index in [1.807, 2.05) is 24.3 Å². The molecule has 1 aromatic carbocycles. The molecule has 1 heterocycles. The van der Waals surface area contributed by atoms with Crippen molar-refractivity contribution in [3.05, 3.63) is 34.3 Å². The van der Waals surface area contributed by atoms with Crippen LogP contribution in [0.5, 0.6) is 0 Å². The molecular weight excluding hydrogens is 254 g/mol. The topological polar surface area (TPSA) is 23.1 Å². The quantitative estimate of drug-likeness (QED) is 0.827. The molecule has 15 heavy (non-hydrogen) atoms. The van der Waals surface area contributed by atoms with Crippen molar-refractivity contribution in [2.75, 3.05) is 19.6 Å². The summed E-state index contributed by atoms with van der Waals surface area (Å²) in [6.07, 6.45) is 1.87. The first kappa shape index (κ1) is 11.1. The van der Waals surface area contributed by atoms with Crippen molar-refractivity contribution in [1.29, 1.82) is 0 Å². The van der Waals surface area contributed by atoms with Gasteiger partial charge in [-0.25, -0.2) is 5.11 Å². The molecule has 0 spiro atoms. The second-order valence-electron chi connectivity index (χ2n) is 4.05. The molecular formula is C12H15BrNO. The van der Waals surface area contributed by atoms with Crippen LogP contribution in [0.3, 0.4) is 0 Å². The fourth-order valence-electron chi connectivity index (χ4n) is 2.01. The van der Waals surface area contributed by atoms with Gasteiger partial charge in [0.25, 0.3) is 0 Å². The minimum atomic E-state index is -0.611. The number of hydrogen-bond donors (Lipinski definition) is 0. The molecule has 0 amide bonds. The zero-order valence-corrected chi connectivity index (χ0v) is 10.2. The molecule has 1 atom stereocenters. The lowest BCUT2D eigenvalue weighted by Gasteiger charge is -2.18. The number of hydrogen-bond acceptors (Lipinski definition) is 1. The van der Waals surface area contributed by atoms with Gasteiger partial charge in [-0.15, -0.1) is 0 Å². The molecule has 0 bridgehead atoms. The Morgan fingerprint density at radius 2 is 2.07 bits per heavy atom. The Morgan fingerprint density at radius 3 is 2.73 bits per heavy atom. The first-order valence-corrected chi connectivity index (χ1v) is 6.18. The fraction of sp³-hybridized carbons (Fsp3) is 0.500. The summed E-state index contributed by atoms with van der Waals surface area (Å²) in [4.78, 5) is 2.26. The Hall–Kier alpha value is -0.380. The van der Waals surface area contributed by atoms with Crippen molar-refractivity contribution in [2.24, 2.45) is 0 Å². The van der Waals surface area contributed by atoms with Crippen LogP contribution in [-0.4, -0.2) is 24.5 Å². The number of halogens is 1. The number of benzene rings is 1. The normalized spacial score (nSPS) is 19.3. The summed E-state index contributed by atoms with van der Waals surface area (Å²) in [5.41, 5.74) is 0.885. The van der Waals surface area contributed by atoms with Crippen molar-refractivity contribution < 1.29 is 5.11 Å². The Bertz CT molecular complexity index is 323. The third-order valence-electron chi connectivity index (χ3n) is 2.84. The second kappa shape index (κ2) is 5.10. The van der Waals surface area contributed by atoms with Gasteiger partial charge >= 0.3 is 0 Å². The summed E-state index contributed by atoms with van der Waals surface area (Å²) in [7, 11) is 0. The van der Waals surface area contributed by atoms with Gasteiger partial charge in [0.1, 0.15) is 6.10 Å². The van der Waals surface area contributed by atoms with Crippen LogP contribution in [0.25, 0.3) is 0 Å². The number of rotatable bonds is 3. The van der Waals surface area contributed by atoms with Gasteiger partial charge in [-0.2, -0.15) is 0 Å². The molecule has 1 aliphatic heterocycles. The van der Waals surface area contributed by atoms with Crippen molar-refractivity contribution in [3.8, 4) is 0 Å². The highest BCUT2D eigenvalue weighted by Crippen LogP contribution is 2.21. The van der Waals surface area contributed by atoms with E-state index in [1.165, 1.54) is 12.8 Å². The van der Waals surface area contributed by atoms with Crippen LogP contribution in [0.2, 0.25) is 0 Å². The highest BCUT2D eigenvalue weighted by atomic mass is 79.9. The monoisotopic (exact) mass is 268 g/mol. The van der Waals surface area contributed by atoms with E-state index < -0.39 is 6.10 Å². The van der Waals surface area contributed by atoms with E-state index in [9.17, 15) is 5.11 Å². The predicted octanol–water partition coefficient (Wildman–Crippen LogP) is 3.02. The van der Waals surface area contributed by atoms with E-state index in [-0.39, 0.29) is 0 Å². The minimum Gasteiger partial charge on any atom is -0.300 e. The lowest BCUT2D eigenvalue weighted by atomic mass is 10.1. The van der Waals surface area contributed by atoms with Crippen molar-refractivity contribution in [2.45, 2.75) is 18.9 Å². The Balaban J connectivity index is 1.97. The molecule has 1 saturated heterocycles. The van der Waals surface area contributed by atoms with E-state index in [2.05, 4.69) is 20.8 Å². The maximum atomic E-state index is 12.0. The van der Waals surface area contributed by atoms with Crippen molar-refractivity contribution in [3.63, 3.8) is 0 Å². The molecule has 1 radical (unpaired) electrons. The molecule has 1 fully saturated rings. The average Bonchev–Trinajstić information content (AvgIpc) is 2.70.